The number of anilines is 1. The Morgan fingerprint density at radius 1 is 1.53 bits per heavy atom. The maximum atomic E-state index is 4.40. The molecule has 0 bridgehead atoms. The van der Waals surface area contributed by atoms with Crippen molar-refractivity contribution < 1.29 is 0 Å². The third-order valence-corrected chi connectivity index (χ3v) is 4.22. The van der Waals surface area contributed by atoms with Crippen molar-refractivity contribution in [2.45, 2.75) is 30.8 Å². The predicted molar refractivity (Wildman–Crippen MR) is 68.3 cm³/mol. The van der Waals surface area contributed by atoms with Crippen LogP contribution in [-0.2, 0) is 0 Å². The normalized spacial score (nSPS) is 22.9. The molecule has 2 heterocycles. The fraction of sp³-hybridized carbons (Fsp3) is 0.750. The van der Waals surface area contributed by atoms with Crippen LogP contribution in [-0.4, -0.2) is 42.0 Å². The topological polar surface area (TPSA) is 53.9 Å². The largest absolute Gasteiger partial charge is 0.368 e. The summed E-state index contributed by atoms with van der Waals surface area (Å²) < 4.78 is 2.11. The summed E-state index contributed by atoms with van der Waals surface area (Å²) >= 11 is 0. The molecule has 1 saturated carbocycles. The average molecular weight is 235 g/mol. The van der Waals surface area contributed by atoms with Crippen molar-refractivity contribution in [3.8, 4) is 0 Å². The highest BCUT2D eigenvalue weighted by molar-refractivity contribution is 5.36. The Morgan fingerprint density at radius 2 is 2.35 bits per heavy atom. The smallest absolute Gasteiger partial charge is 0.124 e. The predicted octanol–water partition coefficient (Wildman–Crippen LogP) is 0.581. The molecule has 3 rings (SSSR count). The van der Waals surface area contributed by atoms with E-state index in [4.69, 9.17) is 0 Å². The molecule has 1 aromatic heterocycles. The van der Waals surface area contributed by atoms with Crippen molar-refractivity contribution in [1.29, 1.82) is 0 Å². The second kappa shape index (κ2) is 4.31. The van der Waals surface area contributed by atoms with Gasteiger partial charge < -0.3 is 16.0 Å². The minimum absolute atomic E-state index is 0.312. The fourth-order valence-corrected chi connectivity index (χ4v) is 2.57. The van der Waals surface area contributed by atoms with Crippen molar-refractivity contribution in [2.75, 3.05) is 32.0 Å². The SMILES string of the molecule is CNC1(CNc2ccnn2C2CNC2)CCC1. The van der Waals surface area contributed by atoms with E-state index in [0.717, 1.165) is 25.5 Å². The first kappa shape index (κ1) is 11.0. The van der Waals surface area contributed by atoms with Crippen molar-refractivity contribution in [2.24, 2.45) is 0 Å². The standard InChI is InChI=1S/C12H21N5/c1-13-12(4-2-5-12)9-15-11-3-6-16-17(11)10-7-14-8-10/h3,6,10,13-15H,2,4-5,7-9H2,1H3. The van der Waals surface area contributed by atoms with E-state index in [1.807, 2.05) is 6.20 Å². The van der Waals surface area contributed by atoms with Crippen LogP contribution in [0, 0.1) is 0 Å². The lowest BCUT2D eigenvalue weighted by atomic mass is 9.77. The summed E-state index contributed by atoms with van der Waals surface area (Å²) in [4.78, 5) is 0. The minimum atomic E-state index is 0.312. The molecule has 0 unspecified atom stereocenters. The van der Waals surface area contributed by atoms with E-state index < -0.39 is 0 Å². The lowest BCUT2D eigenvalue weighted by Crippen LogP contribution is -2.54. The Labute approximate surface area is 102 Å². The first-order chi connectivity index (χ1) is 8.33. The van der Waals surface area contributed by atoms with Gasteiger partial charge in [0.15, 0.2) is 0 Å². The molecule has 1 aromatic rings. The number of nitrogens with zero attached hydrogens (tertiary/aromatic N) is 2. The lowest BCUT2D eigenvalue weighted by Gasteiger charge is -2.42. The summed E-state index contributed by atoms with van der Waals surface area (Å²) in [7, 11) is 2.06. The molecule has 2 aliphatic rings. The summed E-state index contributed by atoms with van der Waals surface area (Å²) in [5.74, 6) is 1.15. The highest BCUT2D eigenvalue weighted by atomic mass is 15.4. The van der Waals surface area contributed by atoms with E-state index in [9.17, 15) is 0 Å². The number of likely N-dealkylation sites (N-methyl/N-ethyl adjacent to an activating group) is 1. The van der Waals surface area contributed by atoms with E-state index in [1.54, 1.807) is 0 Å². The van der Waals surface area contributed by atoms with Crippen molar-refractivity contribution in [3.63, 3.8) is 0 Å². The van der Waals surface area contributed by atoms with Gasteiger partial charge in [0.2, 0.25) is 0 Å². The van der Waals surface area contributed by atoms with Gasteiger partial charge in [0, 0.05) is 31.2 Å². The summed E-state index contributed by atoms with van der Waals surface area (Å²) in [5, 5.41) is 14.7. The number of hydrogen-bond donors (Lipinski definition) is 3. The van der Waals surface area contributed by atoms with Crippen molar-refractivity contribution >= 4 is 5.82 Å². The Bertz CT molecular complexity index is 372. The maximum Gasteiger partial charge on any atom is 0.124 e. The second-order valence-corrected chi connectivity index (χ2v) is 5.21. The van der Waals surface area contributed by atoms with Crippen LogP contribution in [0.5, 0.6) is 0 Å². The van der Waals surface area contributed by atoms with Gasteiger partial charge in [0.1, 0.15) is 5.82 Å². The monoisotopic (exact) mass is 235 g/mol. The van der Waals surface area contributed by atoms with Crippen LogP contribution in [0.3, 0.4) is 0 Å². The van der Waals surface area contributed by atoms with Gasteiger partial charge in [-0.05, 0) is 26.3 Å². The summed E-state index contributed by atoms with van der Waals surface area (Å²) in [6, 6.07) is 2.60. The second-order valence-electron chi connectivity index (χ2n) is 5.21. The zero-order valence-electron chi connectivity index (χ0n) is 10.4. The van der Waals surface area contributed by atoms with Gasteiger partial charge in [0.25, 0.3) is 0 Å². The summed E-state index contributed by atoms with van der Waals surface area (Å²) in [6.07, 6.45) is 5.77. The number of nitrogens with one attached hydrogen (secondary N) is 3. The van der Waals surface area contributed by atoms with E-state index in [-0.39, 0.29) is 0 Å². The molecule has 0 spiro atoms. The number of aromatic nitrogens is 2. The van der Waals surface area contributed by atoms with Crippen LogP contribution in [0.2, 0.25) is 0 Å². The van der Waals surface area contributed by atoms with Crippen LogP contribution in [0.4, 0.5) is 5.82 Å². The van der Waals surface area contributed by atoms with Gasteiger partial charge in [-0.2, -0.15) is 5.10 Å². The molecular formula is C12H21N5. The third kappa shape index (κ3) is 1.93. The Morgan fingerprint density at radius 3 is 2.88 bits per heavy atom. The molecule has 5 heteroatoms. The van der Waals surface area contributed by atoms with Gasteiger partial charge in [0.05, 0.1) is 12.2 Å². The molecule has 1 aliphatic heterocycles. The highest BCUT2D eigenvalue weighted by Gasteiger charge is 2.35. The van der Waals surface area contributed by atoms with E-state index >= 15 is 0 Å². The maximum absolute atomic E-state index is 4.40. The van der Waals surface area contributed by atoms with Gasteiger partial charge in [-0.15, -0.1) is 0 Å². The summed E-state index contributed by atoms with van der Waals surface area (Å²) in [6.45, 7) is 3.07. The van der Waals surface area contributed by atoms with E-state index in [0.29, 0.717) is 11.6 Å². The quantitative estimate of drug-likeness (QED) is 0.699. The lowest BCUT2D eigenvalue weighted by molar-refractivity contribution is 0.214. The Balaban J connectivity index is 1.62. The van der Waals surface area contributed by atoms with Gasteiger partial charge in [-0.1, -0.05) is 0 Å². The molecule has 1 saturated heterocycles. The highest BCUT2D eigenvalue weighted by Crippen LogP contribution is 2.31. The number of rotatable bonds is 5. The molecule has 0 atom stereocenters. The van der Waals surface area contributed by atoms with Crippen LogP contribution in [0.15, 0.2) is 12.3 Å². The molecule has 2 fully saturated rings. The van der Waals surface area contributed by atoms with Crippen LogP contribution >= 0.6 is 0 Å². The average Bonchev–Trinajstić information content (AvgIpc) is 2.63. The Kier molecular flexibility index (Phi) is 2.80. The molecule has 3 N–H and O–H groups in total. The summed E-state index contributed by atoms with van der Waals surface area (Å²) in [5.41, 5.74) is 0.312. The molecular weight excluding hydrogens is 214 g/mol. The molecule has 17 heavy (non-hydrogen) atoms. The molecule has 0 radical (unpaired) electrons. The van der Waals surface area contributed by atoms with Crippen LogP contribution in [0.1, 0.15) is 25.3 Å². The molecule has 1 aliphatic carbocycles. The van der Waals surface area contributed by atoms with Gasteiger partial charge in [-0.25, -0.2) is 4.68 Å². The van der Waals surface area contributed by atoms with Crippen molar-refractivity contribution in [1.82, 2.24) is 20.4 Å². The molecule has 5 nitrogen and oxygen atoms in total. The van der Waals surface area contributed by atoms with Gasteiger partial charge in [-0.3, -0.25) is 0 Å². The zero-order valence-corrected chi connectivity index (χ0v) is 10.4. The molecule has 94 valence electrons. The number of hydrogen-bond acceptors (Lipinski definition) is 4. The minimum Gasteiger partial charge on any atom is -0.368 e. The van der Waals surface area contributed by atoms with Crippen molar-refractivity contribution in [3.05, 3.63) is 12.3 Å². The molecule has 0 amide bonds. The molecule has 0 aromatic carbocycles. The third-order valence-electron chi connectivity index (χ3n) is 4.22. The van der Waals surface area contributed by atoms with Crippen LogP contribution < -0.4 is 16.0 Å². The van der Waals surface area contributed by atoms with E-state index in [1.165, 1.54) is 19.3 Å². The zero-order chi connectivity index (χ0) is 11.7. The first-order valence-corrected chi connectivity index (χ1v) is 6.50. The fourth-order valence-electron chi connectivity index (χ4n) is 2.57. The van der Waals surface area contributed by atoms with E-state index in [2.05, 4.69) is 38.8 Å². The Hall–Kier alpha value is -1.07. The van der Waals surface area contributed by atoms with Crippen LogP contribution in [0.25, 0.3) is 0 Å². The first-order valence-electron chi connectivity index (χ1n) is 6.50. The van der Waals surface area contributed by atoms with Gasteiger partial charge >= 0.3 is 0 Å².